The van der Waals surface area contributed by atoms with Gasteiger partial charge in [0.05, 0.1) is 11.3 Å². The molecule has 17 heavy (non-hydrogen) atoms. The molecular formula is C12H22N2O2Si. The van der Waals surface area contributed by atoms with E-state index in [0.717, 1.165) is 30.3 Å². The van der Waals surface area contributed by atoms with Gasteiger partial charge < -0.3 is 4.74 Å². The van der Waals surface area contributed by atoms with E-state index in [1.165, 1.54) is 0 Å². The van der Waals surface area contributed by atoms with Gasteiger partial charge in [-0.3, -0.25) is 4.79 Å². The highest BCUT2D eigenvalue weighted by Gasteiger charge is 2.13. The Kier molecular flexibility index (Phi) is 4.65. The van der Waals surface area contributed by atoms with Crippen LogP contribution < -0.4 is 0 Å². The van der Waals surface area contributed by atoms with Gasteiger partial charge in [0.2, 0.25) is 0 Å². The first-order valence-electron chi connectivity index (χ1n) is 5.92. The molecule has 0 aliphatic carbocycles. The highest BCUT2D eigenvalue weighted by atomic mass is 28.3. The molecule has 4 nitrogen and oxygen atoms in total. The normalized spacial score (nSPS) is 11.8. The second-order valence-corrected chi connectivity index (χ2v) is 11.2. The minimum Gasteiger partial charge on any atom is -0.360 e. The number of aromatic nitrogens is 2. The predicted molar refractivity (Wildman–Crippen MR) is 71.2 cm³/mol. The Morgan fingerprint density at radius 3 is 2.47 bits per heavy atom. The lowest BCUT2D eigenvalue weighted by Gasteiger charge is -2.15. The van der Waals surface area contributed by atoms with Gasteiger partial charge in [0, 0.05) is 20.4 Å². The monoisotopic (exact) mass is 254 g/mol. The Labute approximate surface area is 104 Å². The van der Waals surface area contributed by atoms with Gasteiger partial charge in [-0.1, -0.05) is 19.6 Å². The number of aldehydes is 1. The minimum atomic E-state index is -1.03. The summed E-state index contributed by atoms with van der Waals surface area (Å²) in [5.74, 6) is 0. The molecule has 1 heterocycles. The second kappa shape index (κ2) is 5.60. The van der Waals surface area contributed by atoms with Crippen molar-refractivity contribution in [3.05, 3.63) is 17.0 Å². The van der Waals surface area contributed by atoms with Gasteiger partial charge in [-0.2, -0.15) is 5.10 Å². The molecule has 0 radical (unpaired) electrons. The fourth-order valence-corrected chi connectivity index (χ4v) is 2.29. The average molecular weight is 254 g/mol. The van der Waals surface area contributed by atoms with E-state index < -0.39 is 8.07 Å². The van der Waals surface area contributed by atoms with Crippen molar-refractivity contribution in [2.75, 3.05) is 6.61 Å². The Morgan fingerprint density at radius 1 is 1.35 bits per heavy atom. The first-order chi connectivity index (χ1) is 7.85. The fourth-order valence-electron chi connectivity index (χ4n) is 1.54. The van der Waals surface area contributed by atoms with E-state index in [1.54, 1.807) is 4.68 Å². The molecular weight excluding hydrogens is 232 g/mol. The highest BCUT2D eigenvalue weighted by molar-refractivity contribution is 6.76. The van der Waals surface area contributed by atoms with Crippen LogP contribution in [0.25, 0.3) is 0 Å². The van der Waals surface area contributed by atoms with Crippen molar-refractivity contribution in [1.29, 1.82) is 0 Å². The molecule has 0 atom stereocenters. The van der Waals surface area contributed by atoms with Gasteiger partial charge in [0.25, 0.3) is 0 Å². The summed E-state index contributed by atoms with van der Waals surface area (Å²) in [5, 5.41) is 4.29. The lowest BCUT2D eigenvalue weighted by atomic mass is 10.2. The van der Waals surface area contributed by atoms with Crippen molar-refractivity contribution in [2.24, 2.45) is 0 Å². The lowest BCUT2D eigenvalue weighted by molar-refractivity contribution is 0.0769. The van der Waals surface area contributed by atoms with Gasteiger partial charge in [0.1, 0.15) is 6.73 Å². The molecule has 1 aromatic heterocycles. The number of hydrogen-bond acceptors (Lipinski definition) is 3. The Morgan fingerprint density at radius 2 is 2.00 bits per heavy atom. The van der Waals surface area contributed by atoms with Crippen LogP contribution in [-0.2, 0) is 11.5 Å². The van der Waals surface area contributed by atoms with Crippen molar-refractivity contribution in [3.8, 4) is 0 Å². The maximum absolute atomic E-state index is 10.8. The topological polar surface area (TPSA) is 44.1 Å². The maximum atomic E-state index is 10.8. The van der Waals surface area contributed by atoms with Crippen molar-refractivity contribution in [1.82, 2.24) is 9.78 Å². The molecule has 1 aromatic rings. The van der Waals surface area contributed by atoms with E-state index in [1.807, 2.05) is 13.8 Å². The van der Waals surface area contributed by atoms with E-state index in [9.17, 15) is 4.79 Å². The van der Waals surface area contributed by atoms with Crippen LogP contribution in [0.3, 0.4) is 0 Å². The standard InChI is InChI=1S/C12H22N2O2Si/c1-10-12(8-15)11(2)14(13-10)9-16-6-7-17(3,4)5/h8H,6-7,9H2,1-5H3. The molecule has 0 saturated carbocycles. The average Bonchev–Trinajstić information content (AvgIpc) is 2.47. The van der Waals surface area contributed by atoms with Crippen molar-refractivity contribution in [2.45, 2.75) is 46.3 Å². The van der Waals surface area contributed by atoms with Crippen LogP contribution in [0.4, 0.5) is 0 Å². The van der Waals surface area contributed by atoms with Gasteiger partial charge in [0.15, 0.2) is 6.29 Å². The van der Waals surface area contributed by atoms with Gasteiger partial charge in [-0.25, -0.2) is 4.68 Å². The number of hydrogen-bond donors (Lipinski definition) is 0. The van der Waals surface area contributed by atoms with Crippen LogP contribution in [0.15, 0.2) is 0 Å². The van der Waals surface area contributed by atoms with Gasteiger partial charge in [-0.15, -0.1) is 0 Å². The summed E-state index contributed by atoms with van der Waals surface area (Å²) in [6.07, 6.45) is 0.857. The van der Waals surface area contributed by atoms with Crippen LogP contribution >= 0.6 is 0 Å². The van der Waals surface area contributed by atoms with Crippen LogP contribution in [-0.4, -0.2) is 30.7 Å². The summed E-state index contributed by atoms with van der Waals surface area (Å²) in [6.45, 7) is 11.9. The third-order valence-corrected chi connectivity index (χ3v) is 4.47. The third kappa shape index (κ3) is 4.09. The van der Waals surface area contributed by atoms with Gasteiger partial charge >= 0.3 is 0 Å². The van der Waals surface area contributed by atoms with Crippen LogP contribution in [0.2, 0.25) is 25.7 Å². The third-order valence-electron chi connectivity index (χ3n) is 2.77. The number of carbonyl (C=O) groups excluding carboxylic acids is 1. The number of aryl methyl sites for hydroxylation is 1. The summed E-state index contributed by atoms with van der Waals surface area (Å²) in [5.41, 5.74) is 2.33. The molecule has 0 fully saturated rings. The number of carbonyl (C=O) groups is 1. The Hall–Kier alpha value is -0.943. The summed E-state index contributed by atoms with van der Waals surface area (Å²) in [6, 6.07) is 1.15. The molecule has 0 aliphatic rings. The van der Waals surface area contributed by atoms with Crippen molar-refractivity contribution >= 4 is 14.4 Å². The van der Waals surface area contributed by atoms with E-state index in [4.69, 9.17) is 4.74 Å². The second-order valence-electron chi connectivity index (χ2n) is 5.55. The molecule has 0 N–H and O–H groups in total. The smallest absolute Gasteiger partial charge is 0.153 e. The summed E-state index contributed by atoms with van der Waals surface area (Å²) < 4.78 is 7.36. The first-order valence-corrected chi connectivity index (χ1v) is 9.63. The van der Waals surface area contributed by atoms with E-state index >= 15 is 0 Å². The molecule has 0 unspecified atom stereocenters. The van der Waals surface area contributed by atoms with Crippen molar-refractivity contribution < 1.29 is 9.53 Å². The molecule has 0 aliphatic heterocycles. The van der Waals surface area contributed by atoms with Crippen LogP contribution in [0.5, 0.6) is 0 Å². The Bertz CT molecular complexity index is 394. The molecule has 5 heteroatoms. The molecule has 1 rings (SSSR count). The first kappa shape index (κ1) is 14.1. The van der Waals surface area contributed by atoms with Crippen LogP contribution in [0, 0.1) is 13.8 Å². The van der Waals surface area contributed by atoms with E-state index in [2.05, 4.69) is 24.7 Å². The number of nitrogens with zero attached hydrogens (tertiary/aromatic N) is 2. The zero-order valence-electron chi connectivity index (χ0n) is 11.4. The van der Waals surface area contributed by atoms with Gasteiger partial charge in [-0.05, 0) is 19.9 Å². The molecule has 0 saturated heterocycles. The van der Waals surface area contributed by atoms with Crippen molar-refractivity contribution in [3.63, 3.8) is 0 Å². The molecule has 0 amide bonds. The molecule has 0 aromatic carbocycles. The predicted octanol–water partition coefficient (Wildman–Crippen LogP) is 2.62. The number of rotatable bonds is 6. The largest absolute Gasteiger partial charge is 0.360 e. The zero-order valence-corrected chi connectivity index (χ0v) is 12.4. The fraction of sp³-hybridized carbons (Fsp3) is 0.667. The summed E-state index contributed by atoms with van der Waals surface area (Å²) >= 11 is 0. The highest BCUT2D eigenvalue weighted by Crippen LogP contribution is 2.11. The SMILES string of the molecule is Cc1nn(COCC[Si](C)(C)C)c(C)c1C=O. The lowest BCUT2D eigenvalue weighted by Crippen LogP contribution is -2.22. The summed E-state index contributed by atoms with van der Waals surface area (Å²) in [7, 11) is -1.03. The quantitative estimate of drug-likeness (QED) is 0.445. The Balaban J connectivity index is 2.50. The maximum Gasteiger partial charge on any atom is 0.153 e. The van der Waals surface area contributed by atoms with Crippen LogP contribution in [0.1, 0.15) is 21.7 Å². The summed E-state index contributed by atoms with van der Waals surface area (Å²) in [4.78, 5) is 10.8. The van der Waals surface area contributed by atoms with E-state index in [0.29, 0.717) is 12.3 Å². The molecule has 0 bridgehead atoms. The minimum absolute atomic E-state index is 0.436. The number of ether oxygens (including phenoxy) is 1. The van der Waals surface area contributed by atoms with E-state index in [-0.39, 0.29) is 0 Å². The molecule has 0 spiro atoms. The zero-order chi connectivity index (χ0) is 13.1. The molecule has 96 valence electrons.